The summed E-state index contributed by atoms with van der Waals surface area (Å²) in [4.78, 5) is 27.6. The van der Waals surface area contributed by atoms with Crippen molar-refractivity contribution >= 4 is 17.6 Å². The molecule has 2 bridgehead atoms. The van der Waals surface area contributed by atoms with Crippen LogP contribution in [0.3, 0.4) is 0 Å². The fraction of sp³-hybridized carbons (Fsp3) is 0.524. The van der Waals surface area contributed by atoms with E-state index in [0.717, 1.165) is 30.5 Å². The van der Waals surface area contributed by atoms with Gasteiger partial charge in [-0.05, 0) is 31.0 Å². The molecule has 3 heterocycles. The van der Waals surface area contributed by atoms with Gasteiger partial charge in [0.2, 0.25) is 5.91 Å². The number of carbonyl (C=O) groups is 2. The topological polar surface area (TPSA) is 55.8 Å². The van der Waals surface area contributed by atoms with Gasteiger partial charge in [-0.1, -0.05) is 44.1 Å². The standard InChI is InChI=1S/C21H25NO4/c1-3-4-5-11-25-20(24)17-16-9-10-21(26-16)13-22(19(23)18(17)21)15-8-6-7-14(2)12-15/h6-10,12,16-18H,3-5,11,13H2,1-2H3/t16-,17+,18-,21+/m1/s1. The van der Waals surface area contributed by atoms with Crippen molar-refractivity contribution in [2.24, 2.45) is 11.8 Å². The number of anilines is 1. The molecule has 4 rings (SSSR count). The number of hydrogen-bond donors (Lipinski definition) is 0. The Morgan fingerprint density at radius 1 is 1.38 bits per heavy atom. The molecule has 1 aromatic rings. The van der Waals surface area contributed by atoms with Gasteiger partial charge in [0, 0.05) is 5.69 Å². The zero-order valence-corrected chi connectivity index (χ0v) is 15.3. The van der Waals surface area contributed by atoms with E-state index in [1.807, 2.05) is 43.3 Å². The van der Waals surface area contributed by atoms with Gasteiger partial charge in [0.05, 0.1) is 25.2 Å². The van der Waals surface area contributed by atoms with Crippen LogP contribution in [0, 0.1) is 18.8 Å². The predicted molar refractivity (Wildman–Crippen MR) is 97.7 cm³/mol. The number of nitrogens with zero attached hydrogens (tertiary/aromatic N) is 1. The van der Waals surface area contributed by atoms with Crippen molar-refractivity contribution in [1.29, 1.82) is 0 Å². The Hall–Kier alpha value is -2.14. The molecule has 5 nitrogen and oxygen atoms in total. The minimum atomic E-state index is -0.696. The third-order valence-corrected chi connectivity index (χ3v) is 5.68. The average Bonchev–Trinajstić information content (AvgIpc) is 3.27. The smallest absolute Gasteiger partial charge is 0.312 e. The molecule has 0 radical (unpaired) electrons. The maximum absolute atomic E-state index is 13.2. The number of benzene rings is 1. The molecule has 0 aromatic heterocycles. The van der Waals surface area contributed by atoms with E-state index in [2.05, 4.69) is 6.92 Å². The Bertz CT molecular complexity index is 758. The lowest BCUT2D eigenvalue weighted by atomic mass is 9.77. The molecule has 2 fully saturated rings. The Balaban J connectivity index is 1.55. The quantitative estimate of drug-likeness (QED) is 0.447. The number of aryl methyl sites for hydroxylation is 1. The summed E-state index contributed by atoms with van der Waals surface area (Å²) in [7, 11) is 0. The molecule has 1 spiro atoms. The second-order valence-corrected chi connectivity index (χ2v) is 7.54. The van der Waals surface area contributed by atoms with Gasteiger partial charge < -0.3 is 14.4 Å². The van der Waals surface area contributed by atoms with Gasteiger partial charge in [-0.3, -0.25) is 9.59 Å². The molecule has 26 heavy (non-hydrogen) atoms. The normalized spacial score (nSPS) is 31.5. The van der Waals surface area contributed by atoms with E-state index in [0.29, 0.717) is 13.2 Å². The fourth-order valence-electron chi connectivity index (χ4n) is 4.40. The Labute approximate surface area is 154 Å². The molecule has 0 N–H and O–H groups in total. The average molecular weight is 355 g/mol. The van der Waals surface area contributed by atoms with Crippen LogP contribution < -0.4 is 4.90 Å². The summed E-state index contributed by atoms with van der Waals surface area (Å²) in [5.74, 6) is -1.37. The van der Waals surface area contributed by atoms with Crippen LogP contribution in [-0.2, 0) is 19.1 Å². The third kappa shape index (κ3) is 2.65. The Morgan fingerprint density at radius 2 is 2.23 bits per heavy atom. The SMILES string of the molecule is CCCCCOC(=O)[C@H]1[C@H]2C=C[C@@]3(CN(c4cccc(C)c4)C(=O)[C@@H]13)O2. The van der Waals surface area contributed by atoms with Gasteiger partial charge in [0.1, 0.15) is 11.5 Å². The van der Waals surface area contributed by atoms with Crippen molar-refractivity contribution in [3.05, 3.63) is 42.0 Å². The van der Waals surface area contributed by atoms with E-state index in [9.17, 15) is 9.59 Å². The highest BCUT2D eigenvalue weighted by molar-refractivity contribution is 6.02. The van der Waals surface area contributed by atoms with E-state index in [1.165, 1.54) is 0 Å². The Kier molecular flexibility index (Phi) is 4.35. The fourth-order valence-corrected chi connectivity index (χ4v) is 4.40. The molecule has 0 aliphatic carbocycles. The van der Waals surface area contributed by atoms with Crippen molar-refractivity contribution in [2.75, 3.05) is 18.1 Å². The number of esters is 1. The number of amides is 1. The second kappa shape index (κ2) is 6.54. The molecule has 5 heteroatoms. The van der Waals surface area contributed by atoms with E-state index >= 15 is 0 Å². The summed E-state index contributed by atoms with van der Waals surface area (Å²) >= 11 is 0. The highest BCUT2D eigenvalue weighted by Gasteiger charge is 2.67. The van der Waals surface area contributed by atoms with Gasteiger partial charge in [0.15, 0.2) is 0 Å². The van der Waals surface area contributed by atoms with E-state index in [-0.39, 0.29) is 18.0 Å². The number of rotatable bonds is 6. The highest BCUT2D eigenvalue weighted by Crippen LogP contribution is 2.52. The molecule has 2 saturated heterocycles. The lowest BCUT2D eigenvalue weighted by molar-refractivity contribution is -0.152. The predicted octanol–water partition coefficient (Wildman–Crippen LogP) is 3.01. The molecule has 1 aromatic carbocycles. The first-order valence-corrected chi connectivity index (χ1v) is 9.47. The molecule has 138 valence electrons. The first-order chi connectivity index (χ1) is 12.6. The van der Waals surface area contributed by atoms with Gasteiger partial charge in [-0.15, -0.1) is 0 Å². The highest BCUT2D eigenvalue weighted by atomic mass is 16.6. The summed E-state index contributed by atoms with van der Waals surface area (Å²) in [5, 5.41) is 0. The van der Waals surface area contributed by atoms with Crippen molar-refractivity contribution in [2.45, 2.75) is 44.8 Å². The largest absolute Gasteiger partial charge is 0.465 e. The third-order valence-electron chi connectivity index (χ3n) is 5.68. The summed E-state index contributed by atoms with van der Waals surface area (Å²) in [6, 6.07) is 7.86. The van der Waals surface area contributed by atoms with E-state index in [1.54, 1.807) is 4.90 Å². The van der Waals surface area contributed by atoms with E-state index < -0.39 is 17.4 Å². The number of ether oxygens (including phenoxy) is 2. The van der Waals surface area contributed by atoms with Crippen LogP contribution in [0.15, 0.2) is 36.4 Å². The van der Waals surface area contributed by atoms with Crippen LogP contribution >= 0.6 is 0 Å². The summed E-state index contributed by atoms with van der Waals surface area (Å²) in [5.41, 5.74) is 1.25. The molecular weight excluding hydrogens is 330 g/mol. The Morgan fingerprint density at radius 3 is 3.00 bits per heavy atom. The first-order valence-electron chi connectivity index (χ1n) is 9.47. The van der Waals surface area contributed by atoms with Gasteiger partial charge >= 0.3 is 5.97 Å². The minimum Gasteiger partial charge on any atom is -0.465 e. The second-order valence-electron chi connectivity index (χ2n) is 7.54. The molecule has 3 aliphatic rings. The van der Waals surface area contributed by atoms with Crippen molar-refractivity contribution in [3.8, 4) is 0 Å². The number of hydrogen-bond acceptors (Lipinski definition) is 4. The van der Waals surface area contributed by atoms with Crippen LogP contribution in [0.5, 0.6) is 0 Å². The van der Waals surface area contributed by atoms with Gasteiger partial charge in [-0.2, -0.15) is 0 Å². The molecular formula is C21H25NO4. The first kappa shape index (κ1) is 17.3. The number of unbranched alkanes of at least 4 members (excludes halogenated alkanes) is 2. The van der Waals surface area contributed by atoms with Crippen LogP contribution in [0.4, 0.5) is 5.69 Å². The molecule has 4 atom stereocenters. The minimum absolute atomic E-state index is 0.0436. The lowest BCUT2D eigenvalue weighted by Crippen LogP contribution is -2.40. The summed E-state index contributed by atoms with van der Waals surface area (Å²) in [6.07, 6.45) is 6.51. The van der Waals surface area contributed by atoms with Crippen LogP contribution in [-0.4, -0.2) is 36.7 Å². The molecule has 1 amide bonds. The van der Waals surface area contributed by atoms with Crippen molar-refractivity contribution < 1.29 is 19.1 Å². The van der Waals surface area contributed by atoms with Crippen LogP contribution in [0.25, 0.3) is 0 Å². The lowest BCUT2D eigenvalue weighted by Gasteiger charge is -2.22. The van der Waals surface area contributed by atoms with Crippen molar-refractivity contribution in [3.63, 3.8) is 0 Å². The van der Waals surface area contributed by atoms with Gasteiger partial charge in [0.25, 0.3) is 0 Å². The zero-order valence-electron chi connectivity index (χ0n) is 15.3. The summed E-state index contributed by atoms with van der Waals surface area (Å²) in [6.45, 7) is 4.97. The number of fused-ring (bicyclic) bond motifs is 1. The van der Waals surface area contributed by atoms with E-state index in [4.69, 9.17) is 9.47 Å². The van der Waals surface area contributed by atoms with Crippen molar-refractivity contribution in [1.82, 2.24) is 0 Å². The number of carbonyl (C=O) groups excluding carboxylic acids is 2. The zero-order chi connectivity index (χ0) is 18.3. The molecule has 0 saturated carbocycles. The monoisotopic (exact) mass is 355 g/mol. The van der Waals surface area contributed by atoms with Crippen LogP contribution in [0.1, 0.15) is 31.7 Å². The van der Waals surface area contributed by atoms with Gasteiger partial charge in [-0.25, -0.2) is 0 Å². The molecule has 0 unspecified atom stereocenters. The maximum Gasteiger partial charge on any atom is 0.312 e. The summed E-state index contributed by atoms with van der Waals surface area (Å²) < 4.78 is 11.6. The maximum atomic E-state index is 13.2. The van der Waals surface area contributed by atoms with Crippen LogP contribution in [0.2, 0.25) is 0 Å². The molecule has 3 aliphatic heterocycles.